The Morgan fingerprint density at radius 3 is 2.82 bits per heavy atom. The Hall–Kier alpha value is -2.02. The number of nitrogens with two attached hydrogens (primary N) is 1. The van der Waals surface area contributed by atoms with E-state index in [4.69, 9.17) is 5.73 Å². The molecule has 1 aromatic carbocycles. The van der Waals surface area contributed by atoms with Gasteiger partial charge in [0.2, 0.25) is 0 Å². The Balaban J connectivity index is 2.34. The van der Waals surface area contributed by atoms with Crippen LogP contribution in [0, 0.1) is 5.82 Å². The van der Waals surface area contributed by atoms with Crippen molar-refractivity contribution in [3.8, 4) is 0 Å². The number of urea groups is 1. The monoisotopic (exact) mass is 322 g/mol. The number of halogens is 1. The Labute approximate surface area is 133 Å². The van der Waals surface area contributed by atoms with Crippen molar-refractivity contribution in [1.82, 2.24) is 14.9 Å². The molecule has 2 aromatic rings. The summed E-state index contributed by atoms with van der Waals surface area (Å²) < 4.78 is 15.3. The van der Waals surface area contributed by atoms with E-state index in [1.54, 1.807) is 6.07 Å². The third kappa shape index (κ3) is 3.79. The zero-order chi connectivity index (χ0) is 16.3. The summed E-state index contributed by atoms with van der Waals surface area (Å²) in [5, 5.41) is 3.47. The van der Waals surface area contributed by atoms with Crippen LogP contribution in [0.15, 0.2) is 34.2 Å². The van der Waals surface area contributed by atoms with Gasteiger partial charge in [-0.1, -0.05) is 31.7 Å². The van der Waals surface area contributed by atoms with Gasteiger partial charge in [-0.25, -0.2) is 14.2 Å². The first kappa shape index (κ1) is 16.4. The van der Waals surface area contributed by atoms with Gasteiger partial charge in [0.25, 0.3) is 0 Å². The van der Waals surface area contributed by atoms with Crippen LogP contribution >= 0.6 is 11.8 Å². The van der Waals surface area contributed by atoms with Crippen molar-refractivity contribution in [3.05, 3.63) is 41.6 Å². The van der Waals surface area contributed by atoms with Gasteiger partial charge in [-0.15, -0.1) is 0 Å². The minimum absolute atomic E-state index is 0.213. The van der Waals surface area contributed by atoms with Crippen LogP contribution in [0.1, 0.15) is 31.3 Å². The quantitative estimate of drug-likeness (QED) is 0.889. The summed E-state index contributed by atoms with van der Waals surface area (Å²) in [6.07, 6.45) is 0. The number of primary amides is 1. The number of benzene rings is 1. The number of imidazole rings is 1. The fourth-order valence-electron chi connectivity index (χ4n) is 2.01. The van der Waals surface area contributed by atoms with Crippen LogP contribution in [-0.4, -0.2) is 15.6 Å². The maximum absolute atomic E-state index is 13.3. The van der Waals surface area contributed by atoms with Gasteiger partial charge in [0, 0.05) is 11.9 Å². The summed E-state index contributed by atoms with van der Waals surface area (Å²) in [6, 6.07) is 5.85. The van der Waals surface area contributed by atoms with Gasteiger partial charge < -0.3 is 15.6 Å². The van der Waals surface area contributed by atoms with Crippen molar-refractivity contribution in [2.24, 2.45) is 12.8 Å². The smallest absolute Gasteiger partial charge is 0.312 e. The largest absolute Gasteiger partial charge is 0.352 e. The van der Waals surface area contributed by atoms with E-state index in [2.05, 4.69) is 10.3 Å². The van der Waals surface area contributed by atoms with Gasteiger partial charge in [0.1, 0.15) is 16.7 Å². The minimum atomic E-state index is -0.589. The van der Waals surface area contributed by atoms with Crippen molar-refractivity contribution < 1.29 is 9.18 Å². The number of carbonyl (C=O) groups is 1. The first-order chi connectivity index (χ1) is 10.4. The molecule has 3 N–H and O–H groups in total. The number of rotatable bonds is 5. The predicted octanol–water partition coefficient (Wildman–Crippen LogP) is 3.00. The van der Waals surface area contributed by atoms with E-state index in [-0.39, 0.29) is 18.3 Å². The van der Waals surface area contributed by atoms with E-state index in [9.17, 15) is 9.18 Å². The standard InChI is InChI=1S/C15H19FN4OS/c1-9(2)13-14(22-11-6-4-5-10(16)7-11)20(3)12(19-13)8-18-15(17)21/h4-7,9H,8H2,1-3H3,(H3,17,18,21). The summed E-state index contributed by atoms with van der Waals surface area (Å²) >= 11 is 1.45. The molecule has 118 valence electrons. The van der Waals surface area contributed by atoms with Gasteiger partial charge >= 0.3 is 6.03 Å². The zero-order valence-electron chi connectivity index (χ0n) is 12.8. The third-order valence-electron chi connectivity index (χ3n) is 3.14. The first-order valence-electron chi connectivity index (χ1n) is 6.90. The average Bonchev–Trinajstić information content (AvgIpc) is 2.74. The number of nitrogens with zero attached hydrogens (tertiary/aromatic N) is 2. The second-order valence-electron chi connectivity index (χ2n) is 5.21. The molecule has 0 atom stereocenters. The fourth-order valence-corrected chi connectivity index (χ4v) is 3.18. The molecule has 0 saturated carbocycles. The Kier molecular flexibility index (Phi) is 5.07. The van der Waals surface area contributed by atoms with Gasteiger partial charge in [-0.05, 0) is 24.1 Å². The SMILES string of the molecule is CC(C)c1nc(CNC(N)=O)n(C)c1Sc1cccc(F)c1. The number of carbonyl (C=O) groups excluding carboxylic acids is 1. The van der Waals surface area contributed by atoms with E-state index in [0.29, 0.717) is 5.82 Å². The van der Waals surface area contributed by atoms with E-state index in [1.807, 2.05) is 31.5 Å². The van der Waals surface area contributed by atoms with Crippen molar-refractivity contribution in [2.45, 2.75) is 36.2 Å². The number of nitrogens with one attached hydrogen (secondary N) is 1. The maximum Gasteiger partial charge on any atom is 0.312 e. The highest BCUT2D eigenvalue weighted by Gasteiger charge is 2.18. The van der Waals surface area contributed by atoms with Crippen LogP contribution in [0.25, 0.3) is 0 Å². The molecule has 0 radical (unpaired) electrons. The maximum atomic E-state index is 13.3. The molecule has 0 fully saturated rings. The highest BCUT2D eigenvalue weighted by atomic mass is 32.2. The Morgan fingerprint density at radius 2 is 2.23 bits per heavy atom. The number of aromatic nitrogens is 2. The Morgan fingerprint density at radius 1 is 1.50 bits per heavy atom. The highest BCUT2D eigenvalue weighted by molar-refractivity contribution is 7.99. The molecule has 2 rings (SSSR count). The second-order valence-corrected chi connectivity index (χ2v) is 6.27. The summed E-state index contributed by atoms with van der Waals surface area (Å²) in [7, 11) is 1.87. The molecule has 1 aromatic heterocycles. The lowest BCUT2D eigenvalue weighted by atomic mass is 10.2. The topological polar surface area (TPSA) is 72.9 Å². The van der Waals surface area contributed by atoms with E-state index in [1.165, 1.54) is 23.9 Å². The molecule has 22 heavy (non-hydrogen) atoms. The fraction of sp³-hybridized carbons (Fsp3) is 0.333. The molecule has 0 unspecified atom stereocenters. The molecule has 5 nitrogen and oxygen atoms in total. The van der Waals surface area contributed by atoms with E-state index >= 15 is 0 Å². The highest BCUT2D eigenvalue weighted by Crippen LogP contribution is 2.34. The average molecular weight is 322 g/mol. The molecule has 1 heterocycles. The van der Waals surface area contributed by atoms with Crippen molar-refractivity contribution in [2.75, 3.05) is 0 Å². The van der Waals surface area contributed by atoms with Gasteiger partial charge in [-0.2, -0.15) is 0 Å². The Bertz CT molecular complexity index is 684. The van der Waals surface area contributed by atoms with Crippen LogP contribution in [0.3, 0.4) is 0 Å². The molecular weight excluding hydrogens is 303 g/mol. The van der Waals surface area contributed by atoms with Crippen LogP contribution in [0.4, 0.5) is 9.18 Å². The van der Waals surface area contributed by atoms with E-state index < -0.39 is 6.03 Å². The summed E-state index contributed by atoms with van der Waals surface area (Å²) in [6.45, 7) is 4.35. The number of amides is 2. The van der Waals surface area contributed by atoms with Crippen molar-refractivity contribution >= 4 is 17.8 Å². The summed E-state index contributed by atoms with van der Waals surface area (Å²) in [5.74, 6) is 0.653. The summed E-state index contributed by atoms with van der Waals surface area (Å²) in [4.78, 5) is 16.2. The van der Waals surface area contributed by atoms with Crippen molar-refractivity contribution in [3.63, 3.8) is 0 Å². The predicted molar refractivity (Wildman–Crippen MR) is 84.2 cm³/mol. The van der Waals surface area contributed by atoms with Crippen LogP contribution < -0.4 is 11.1 Å². The van der Waals surface area contributed by atoms with Crippen LogP contribution in [-0.2, 0) is 13.6 Å². The van der Waals surface area contributed by atoms with Gasteiger partial charge in [0.15, 0.2) is 0 Å². The lowest BCUT2D eigenvalue weighted by Crippen LogP contribution is -2.29. The number of hydrogen-bond acceptors (Lipinski definition) is 3. The lowest BCUT2D eigenvalue weighted by molar-refractivity contribution is 0.248. The van der Waals surface area contributed by atoms with Gasteiger partial charge in [0.05, 0.1) is 12.2 Å². The van der Waals surface area contributed by atoms with Crippen LogP contribution in [0.5, 0.6) is 0 Å². The second kappa shape index (κ2) is 6.83. The molecule has 0 bridgehead atoms. The molecule has 7 heteroatoms. The van der Waals surface area contributed by atoms with Crippen LogP contribution in [0.2, 0.25) is 0 Å². The summed E-state index contributed by atoms with van der Waals surface area (Å²) in [5.41, 5.74) is 6.02. The van der Waals surface area contributed by atoms with Gasteiger partial charge in [-0.3, -0.25) is 0 Å². The first-order valence-corrected chi connectivity index (χ1v) is 7.72. The molecule has 0 saturated heterocycles. The zero-order valence-corrected chi connectivity index (χ0v) is 13.6. The molecule has 0 aliphatic carbocycles. The molecular formula is C15H19FN4OS. The number of hydrogen-bond donors (Lipinski definition) is 2. The molecule has 2 amide bonds. The van der Waals surface area contributed by atoms with Crippen molar-refractivity contribution in [1.29, 1.82) is 0 Å². The molecule has 0 spiro atoms. The third-order valence-corrected chi connectivity index (χ3v) is 4.30. The normalized spacial score (nSPS) is 11.0. The molecule has 0 aliphatic heterocycles. The minimum Gasteiger partial charge on any atom is -0.352 e. The lowest BCUT2D eigenvalue weighted by Gasteiger charge is -2.09. The molecule has 0 aliphatic rings. The van der Waals surface area contributed by atoms with E-state index in [0.717, 1.165) is 15.6 Å².